The van der Waals surface area contributed by atoms with Gasteiger partial charge in [-0.25, -0.2) is 4.39 Å². The molecule has 8 heteroatoms. The van der Waals surface area contributed by atoms with Crippen LogP contribution >= 0.6 is 0 Å². The molecule has 0 unspecified atom stereocenters. The Balaban J connectivity index is 1.59. The highest BCUT2D eigenvalue weighted by Gasteiger charge is 2.15. The number of H-pyrrole nitrogens is 1. The number of nitrogens with zero attached hydrogens (tertiary/aromatic N) is 3. The van der Waals surface area contributed by atoms with Gasteiger partial charge in [-0.3, -0.25) is 19.7 Å². The van der Waals surface area contributed by atoms with Crippen molar-refractivity contribution < 1.29 is 9.18 Å². The second-order valence-corrected chi connectivity index (χ2v) is 6.54. The fraction of sp³-hybridized carbons (Fsp3) is 0.200. The molecule has 0 saturated carbocycles. The Bertz CT molecular complexity index is 1230. The highest BCUT2D eigenvalue weighted by atomic mass is 19.1. The first kappa shape index (κ1) is 17.8. The lowest BCUT2D eigenvalue weighted by molar-refractivity contribution is 0.0952. The van der Waals surface area contributed by atoms with Crippen molar-refractivity contribution in [2.24, 2.45) is 0 Å². The average molecular weight is 379 g/mol. The summed E-state index contributed by atoms with van der Waals surface area (Å²) in [6.07, 6.45) is 3.64. The fourth-order valence-electron chi connectivity index (χ4n) is 3.32. The van der Waals surface area contributed by atoms with Crippen molar-refractivity contribution in [2.45, 2.75) is 19.9 Å². The Morgan fingerprint density at radius 3 is 2.96 bits per heavy atom. The molecule has 2 N–H and O–H groups in total. The average Bonchev–Trinajstić information content (AvgIpc) is 3.10. The first-order valence-corrected chi connectivity index (χ1v) is 8.91. The number of benzene rings is 1. The van der Waals surface area contributed by atoms with Gasteiger partial charge in [0, 0.05) is 36.6 Å². The van der Waals surface area contributed by atoms with E-state index in [9.17, 15) is 14.0 Å². The molecule has 0 fully saturated rings. The molecule has 0 radical (unpaired) electrons. The summed E-state index contributed by atoms with van der Waals surface area (Å²) in [7, 11) is 0. The number of aromatic amines is 1. The van der Waals surface area contributed by atoms with E-state index < -0.39 is 0 Å². The number of hydrogen-bond acceptors (Lipinski definition) is 4. The number of fused-ring (bicyclic) bond motifs is 3. The van der Waals surface area contributed by atoms with E-state index in [4.69, 9.17) is 0 Å². The number of aryl methyl sites for hydroxylation is 2. The van der Waals surface area contributed by atoms with Gasteiger partial charge in [-0.2, -0.15) is 5.10 Å². The molecule has 3 aromatic heterocycles. The summed E-state index contributed by atoms with van der Waals surface area (Å²) in [6.45, 7) is 2.54. The topological polar surface area (TPSA) is 92.7 Å². The predicted molar refractivity (Wildman–Crippen MR) is 104 cm³/mol. The van der Waals surface area contributed by atoms with E-state index in [1.54, 1.807) is 35.9 Å². The van der Waals surface area contributed by atoms with Crippen molar-refractivity contribution in [3.8, 4) is 0 Å². The van der Waals surface area contributed by atoms with Crippen molar-refractivity contribution >= 4 is 27.7 Å². The molecular weight excluding hydrogens is 361 g/mol. The van der Waals surface area contributed by atoms with Gasteiger partial charge in [0.15, 0.2) is 0 Å². The van der Waals surface area contributed by atoms with Crippen LogP contribution in [0.15, 0.2) is 47.5 Å². The first-order valence-electron chi connectivity index (χ1n) is 8.91. The third kappa shape index (κ3) is 3.13. The largest absolute Gasteiger partial charge is 0.352 e. The van der Waals surface area contributed by atoms with Gasteiger partial charge in [0.1, 0.15) is 11.3 Å². The van der Waals surface area contributed by atoms with E-state index >= 15 is 0 Å². The highest BCUT2D eigenvalue weighted by molar-refractivity contribution is 6.04. The summed E-state index contributed by atoms with van der Waals surface area (Å²) in [5.41, 5.74) is 2.03. The van der Waals surface area contributed by atoms with E-state index in [1.165, 1.54) is 18.3 Å². The van der Waals surface area contributed by atoms with Crippen LogP contribution in [0.3, 0.4) is 0 Å². The van der Waals surface area contributed by atoms with Crippen molar-refractivity contribution in [3.63, 3.8) is 0 Å². The molecule has 4 rings (SSSR count). The summed E-state index contributed by atoms with van der Waals surface area (Å²) < 4.78 is 15.4. The highest BCUT2D eigenvalue weighted by Crippen LogP contribution is 2.23. The van der Waals surface area contributed by atoms with Crippen LogP contribution in [0, 0.1) is 12.7 Å². The number of carbonyl (C=O) groups is 1. The zero-order valence-corrected chi connectivity index (χ0v) is 15.2. The molecule has 3 heterocycles. The lowest BCUT2D eigenvalue weighted by atomic mass is 10.1. The van der Waals surface area contributed by atoms with Crippen molar-refractivity contribution in [1.82, 2.24) is 25.1 Å². The molecular formula is C20H18FN5O2. The third-order valence-corrected chi connectivity index (χ3v) is 4.68. The minimum absolute atomic E-state index is 0.182. The molecule has 7 nitrogen and oxygen atoms in total. The number of carbonyl (C=O) groups excluding carboxylic acids is 1. The van der Waals surface area contributed by atoms with Crippen LogP contribution in [0.25, 0.3) is 21.8 Å². The number of pyridine rings is 2. The second kappa shape index (κ2) is 7.22. The van der Waals surface area contributed by atoms with E-state index in [2.05, 4.69) is 20.5 Å². The maximum absolute atomic E-state index is 13.8. The van der Waals surface area contributed by atoms with Crippen LogP contribution in [-0.2, 0) is 6.54 Å². The van der Waals surface area contributed by atoms with Crippen molar-refractivity contribution in [3.05, 3.63) is 70.2 Å². The summed E-state index contributed by atoms with van der Waals surface area (Å²) in [6, 6.07) is 7.68. The maximum Gasteiger partial charge on any atom is 0.262 e. The summed E-state index contributed by atoms with van der Waals surface area (Å²) in [4.78, 5) is 29.0. The van der Waals surface area contributed by atoms with Gasteiger partial charge >= 0.3 is 0 Å². The van der Waals surface area contributed by atoms with Gasteiger partial charge in [0.25, 0.3) is 11.5 Å². The van der Waals surface area contributed by atoms with Gasteiger partial charge in [0.05, 0.1) is 16.5 Å². The monoisotopic (exact) mass is 379 g/mol. The second-order valence-electron chi connectivity index (χ2n) is 6.54. The van der Waals surface area contributed by atoms with Crippen LogP contribution in [0.4, 0.5) is 4.39 Å². The van der Waals surface area contributed by atoms with Crippen LogP contribution in [0.1, 0.15) is 22.5 Å². The predicted octanol–water partition coefficient (Wildman–Crippen LogP) is 2.54. The van der Waals surface area contributed by atoms with Crippen LogP contribution in [-0.4, -0.2) is 32.2 Å². The molecule has 0 spiro atoms. The SMILES string of the molecule is Cc1[nH]nc2c1c(=O)n(CCCNC(=O)c1cccnc1)c1ccc(F)cc21. The Labute approximate surface area is 159 Å². The van der Waals surface area contributed by atoms with Crippen LogP contribution in [0.5, 0.6) is 0 Å². The normalized spacial score (nSPS) is 11.2. The number of amides is 1. The zero-order chi connectivity index (χ0) is 19.7. The molecule has 4 aromatic rings. The number of halogens is 1. The Morgan fingerprint density at radius 2 is 2.18 bits per heavy atom. The molecule has 0 aliphatic rings. The molecule has 0 aliphatic heterocycles. The van der Waals surface area contributed by atoms with E-state index in [0.29, 0.717) is 52.6 Å². The third-order valence-electron chi connectivity index (χ3n) is 4.68. The van der Waals surface area contributed by atoms with E-state index in [-0.39, 0.29) is 17.3 Å². The number of hydrogen-bond donors (Lipinski definition) is 2. The number of rotatable bonds is 5. The molecule has 0 saturated heterocycles. The van der Waals surface area contributed by atoms with Crippen LogP contribution in [0.2, 0.25) is 0 Å². The van der Waals surface area contributed by atoms with Gasteiger partial charge in [-0.15, -0.1) is 0 Å². The van der Waals surface area contributed by atoms with Gasteiger partial charge in [-0.05, 0) is 43.7 Å². The Kier molecular flexibility index (Phi) is 4.60. The summed E-state index contributed by atoms with van der Waals surface area (Å²) in [5, 5.41) is 10.8. The molecule has 1 amide bonds. The van der Waals surface area contributed by atoms with Crippen molar-refractivity contribution in [1.29, 1.82) is 0 Å². The minimum Gasteiger partial charge on any atom is -0.352 e. The molecule has 0 atom stereocenters. The van der Waals surface area contributed by atoms with Gasteiger partial charge in [-0.1, -0.05) is 0 Å². The quantitative estimate of drug-likeness (QED) is 0.521. The minimum atomic E-state index is -0.386. The summed E-state index contributed by atoms with van der Waals surface area (Å²) >= 11 is 0. The lowest BCUT2D eigenvalue weighted by Gasteiger charge is -2.12. The standard InChI is InChI=1S/C20H18FN5O2/c1-12-17-18(25-24-12)15-10-14(21)5-6-16(15)26(20(17)28)9-3-8-23-19(27)13-4-2-7-22-11-13/h2,4-7,10-11H,3,8-9H2,1H3,(H,23,27)(H,24,25). The number of nitrogens with one attached hydrogen (secondary N) is 2. The fourth-order valence-corrected chi connectivity index (χ4v) is 3.32. The smallest absolute Gasteiger partial charge is 0.262 e. The molecule has 142 valence electrons. The van der Waals surface area contributed by atoms with Crippen LogP contribution < -0.4 is 10.9 Å². The van der Waals surface area contributed by atoms with Crippen molar-refractivity contribution in [2.75, 3.05) is 6.54 Å². The number of aromatic nitrogens is 4. The van der Waals surface area contributed by atoms with Gasteiger partial charge in [0.2, 0.25) is 0 Å². The zero-order valence-electron chi connectivity index (χ0n) is 15.2. The molecule has 0 bridgehead atoms. The Hall–Kier alpha value is -3.55. The first-order chi connectivity index (χ1) is 13.6. The lowest BCUT2D eigenvalue weighted by Crippen LogP contribution is -2.27. The molecule has 0 aliphatic carbocycles. The van der Waals surface area contributed by atoms with E-state index in [0.717, 1.165) is 0 Å². The van der Waals surface area contributed by atoms with E-state index in [1.807, 2.05) is 0 Å². The maximum atomic E-state index is 13.8. The molecule has 1 aromatic carbocycles. The van der Waals surface area contributed by atoms with Gasteiger partial charge < -0.3 is 9.88 Å². The molecule has 28 heavy (non-hydrogen) atoms. The Morgan fingerprint density at radius 1 is 1.32 bits per heavy atom. The summed E-state index contributed by atoms with van der Waals surface area (Å²) in [5.74, 6) is -0.600.